The quantitative estimate of drug-likeness (QED) is 0.429. The Balaban J connectivity index is 1.54. The van der Waals surface area contributed by atoms with E-state index in [1.165, 1.54) is 20.8 Å². The fourth-order valence-corrected chi connectivity index (χ4v) is 9.45. The van der Waals surface area contributed by atoms with Crippen LogP contribution in [-0.4, -0.2) is 59.5 Å². The van der Waals surface area contributed by atoms with Crippen LogP contribution in [0.25, 0.3) is 0 Å². The zero-order valence-electron chi connectivity index (χ0n) is 23.0. The van der Waals surface area contributed by atoms with Crippen molar-refractivity contribution in [1.82, 2.24) is 0 Å². The highest BCUT2D eigenvalue weighted by atomic mass is 16.6. The van der Waals surface area contributed by atoms with Crippen LogP contribution >= 0.6 is 0 Å². The van der Waals surface area contributed by atoms with Crippen molar-refractivity contribution >= 4 is 23.9 Å². The lowest BCUT2D eigenvalue weighted by Crippen LogP contribution is -2.68. The van der Waals surface area contributed by atoms with Crippen LogP contribution in [0.2, 0.25) is 0 Å². The van der Waals surface area contributed by atoms with Crippen molar-refractivity contribution in [2.75, 3.05) is 6.61 Å². The molecule has 4 aliphatic carbocycles. The second-order valence-corrected chi connectivity index (χ2v) is 12.8. The Morgan fingerprint density at radius 3 is 2.16 bits per heavy atom. The molecule has 0 bridgehead atoms. The first kappa shape index (κ1) is 27.2. The molecule has 4 saturated carbocycles. The molecule has 10 atom stereocenters. The van der Waals surface area contributed by atoms with Crippen LogP contribution in [-0.2, 0) is 38.1 Å². The van der Waals surface area contributed by atoms with Gasteiger partial charge >= 0.3 is 23.9 Å². The average molecular weight is 533 g/mol. The first-order chi connectivity index (χ1) is 17.8. The number of cyclic esters (lactones) is 1. The van der Waals surface area contributed by atoms with Crippen molar-refractivity contribution in [3.05, 3.63) is 11.6 Å². The van der Waals surface area contributed by atoms with E-state index in [4.69, 9.17) is 18.9 Å². The molecule has 4 fully saturated rings. The van der Waals surface area contributed by atoms with E-state index < -0.39 is 46.7 Å². The molecule has 0 aromatic rings. The van der Waals surface area contributed by atoms with Gasteiger partial charge in [-0.1, -0.05) is 13.8 Å². The zero-order chi connectivity index (χ0) is 27.6. The maximum Gasteiger partial charge on any atom is 0.331 e. The topological polar surface area (TPSA) is 125 Å². The van der Waals surface area contributed by atoms with E-state index in [1.807, 2.05) is 0 Å². The molecule has 0 unspecified atom stereocenters. The fourth-order valence-electron chi connectivity index (χ4n) is 9.45. The summed E-state index contributed by atoms with van der Waals surface area (Å²) in [6.45, 7) is 8.61. The molecule has 0 spiro atoms. The number of hydrogen-bond donors (Lipinski definition) is 1. The highest BCUT2D eigenvalue weighted by molar-refractivity contribution is 5.85. The van der Waals surface area contributed by atoms with Crippen LogP contribution < -0.4 is 0 Å². The Kier molecular flexibility index (Phi) is 6.68. The number of carbonyl (C=O) groups excluding carboxylic acids is 4. The molecular formula is C29H40O9. The summed E-state index contributed by atoms with van der Waals surface area (Å²) in [6, 6.07) is 0. The van der Waals surface area contributed by atoms with Gasteiger partial charge in [-0.3, -0.25) is 14.4 Å². The van der Waals surface area contributed by atoms with Crippen molar-refractivity contribution in [2.24, 2.45) is 34.5 Å². The minimum absolute atomic E-state index is 0.0445. The third kappa shape index (κ3) is 4.16. The molecule has 0 saturated heterocycles. The van der Waals surface area contributed by atoms with Gasteiger partial charge < -0.3 is 24.1 Å². The van der Waals surface area contributed by atoms with Crippen LogP contribution in [0.5, 0.6) is 0 Å². The molecule has 1 N–H and O–H groups in total. The second-order valence-electron chi connectivity index (χ2n) is 12.8. The lowest BCUT2D eigenvalue weighted by atomic mass is 9.42. The minimum atomic E-state index is -1.01. The minimum Gasteiger partial charge on any atom is -0.462 e. The number of fused-ring (bicyclic) bond motifs is 5. The Labute approximate surface area is 223 Å². The predicted molar refractivity (Wildman–Crippen MR) is 133 cm³/mol. The van der Waals surface area contributed by atoms with Gasteiger partial charge in [0.25, 0.3) is 0 Å². The monoisotopic (exact) mass is 532 g/mol. The number of hydrogen-bond acceptors (Lipinski definition) is 9. The van der Waals surface area contributed by atoms with E-state index in [0.717, 1.165) is 24.8 Å². The van der Waals surface area contributed by atoms with E-state index in [1.54, 1.807) is 6.08 Å². The van der Waals surface area contributed by atoms with Crippen LogP contribution in [0.4, 0.5) is 0 Å². The molecule has 0 aromatic carbocycles. The molecule has 9 nitrogen and oxygen atoms in total. The van der Waals surface area contributed by atoms with Crippen molar-refractivity contribution < 1.29 is 43.2 Å². The molecule has 0 aromatic heterocycles. The first-order valence-electron chi connectivity index (χ1n) is 13.9. The molecule has 38 heavy (non-hydrogen) atoms. The summed E-state index contributed by atoms with van der Waals surface area (Å²) >= 11 is 0. The largest absolute Gasteiger partial charge is 0.462 e. The molecule has 1 heterocycles. The summed E-state index contributed by atoms with van der Waals surface area (Å²) in [6.07, 6.45) is 4.35. The summed E-state index contributed by atoms with van der Waals surface area (Å²) in [4.78, 5) is 48.2. The number of carbonyl (C=O) groups is 4. The first-order valence-corrected chi connectivity index (χ1v) is 13.9. The summed E-state index contributed by atoms with van der Waals surface area (Å²) in [5.41, 5.74) is -1.11. The number of ether oxygens (including phenoxy) is 4. The Hall–Kier alpha value is -2.42. The maximum atomic E-state index is 12.6. The van der Waals surface area contributed by atoms with Gasteiger partial charge in [-0.15, -0.1) is 0 Å². The number of aliphatic hydroxyl groups is 1. The lowest BCUT2D eigenvalue weighted by molar-refractivity contribution is -0.257. The fraction of sp³-hybridized carbons (Fsp3) is 0.793. The highest BCUT2D eigenvalue weighted by Gasteiger charge is 2.71. The number of rotatable bonds is 4. The number of esters is 4. The van der Waals surface area contributed by atoms with Crippen molar-refractivity contribution in [3.8, 4) is 0 Å². The molecule has 5 rings (SSSR count). The summed E-state index contributed by atoms with van der Waals surface area (Å²) in [7, 11) is 0. The molecular weight excluding hydrogens is 492 g/mol. The van der Waals surface area contributed by atoms with Gasteiger partial charge in [0.1, 0.15) is 24.9 Å². The molecule has 5 aliphatic rings. The molecule has 1 aliphatic heterocycles. The third-order valence-corrected chi connectivity index (χ3v) is 10.8. The van der Waals surface area contributed by atoms with Crippen molar-refractivity contribution in [2.45, 2.75) is 103 Å². The Bertz CT molecular complexity index is 1070. The van der Waals surface area contributed by atoms with E-state index in [0.29, 0.717) is 25.7 Å². The van der Waals surface area contributed by atoms with Gasteiger partial charge in [0.05, 0.1) is 5.60 Å². The van der Waals surface area contributed by atoms with Crippen LogP contribution in [0.1, 0.15) is 79.6 Å². The van der Waals surface area contributed by atoms with Crippen LogP contribution in [0.3, 0.4) is 0 Å². The average Bonchev–Trinajstić information content (AvgIpc) is 3.33. The third-order valence-electron chi connectivity index (χ3n) is 10.8. The zero-order valence-corrected chi connectivity index (χ0v) is 23.0. The van der Waals surface area contributed by atoms with Gasteiger partial charge in [-0.25, -0.2) is 4.79 Å². The summed E-state index contributed by atoms with van der Waals surface area (Å²) in [5, 5.41) is 12.6. The Morgan fingerprint density at radius 2 is 1.55 bits per heavy atom. The van der Waals surface area contributed by atoms with E-state index in [9.17, 15) is 24.3 Å². The highest BCUT2D eigenvalue weighted by Crippen LogP contribution is 2.70. The lowest BCUT2D eigenvalue weighted by Gasteiger charge is -2.65. The Morgan fingerprint density at radius 1 is 0.921 bits per heavy atom. The smallest absolute Gasteiger partial charge is 0.331 e. The van der Waals surface area contributed by atoms with Crippen molar-refractivity contribution in [1.29, 1.82) is 0 Å². The normalized spacial score (nSPS) is 45.6. The maximum absolute atomic E-state index is 12.6. The molecule has 210 valence electrons. The van der Waals surface area contributed by atoms with Gasteiger partial charge in [0, 0.05) is 38.2 Å². The van der Waals surface area contributed by atoms with Crippen LogP contribution in [0, 0.1) is 34.5 Å². The van der Waals surface area contributed by atoms with Gasteiger partial charge in [0.2, 0.25) is 0 Å². The van der Waals surface area contributed by atoms with Gasteiger partial charge in [-0.2, -0.15) is 0 Å². The summed E-state index contributed by atoms with van der Waals surface area (Å²) < 4.78 is 22.6. The standard InChI is InChI=1S/C29H40O9/c1-15(30)36-22-11-19-6-7-21-26(27(19,4)12-23(22)37-16(2)31)24(38-17(3)32)13-28(5)20(8-9-29(21,28)34)18-10-25(33)35-14-18/h10,19-24,26,34H,6-9,11-14H2,1-5H3/t19-,20-,21-,22-,23-,24-,26-,27+,28-,29+/m1/s1. The van der Waals surface area contributed by atoms with E-state index >= 15 is 0 Å². The van der Waals surface area contributed by atoms with E-state index in [2.05, 4.69) is 13.8 Å². The summed E-state index contributed by atoms with van der Waals surface area (Å²) in [5.74, 6) is -1.76. The van der Waals surface area contributed by atoms with Gasteiger partial charge in [0.15, 0.2) is 0 Å². The van der Waals surface area contributed by atoms with Crippen LogP contribution in [0.15, 0.2) is 11.6 Å². The molecule has 9 heteroatoms. The molecule has 0 radical (unpaired) electrons. The second kappa shape index (κ2) is 9.35. The predicted octanol–water partition coefficient (Wildman–Crippen LogP) is 3.26. The SMILES string of the molecule is CC(=O)O[C@@H]1C[C@]2(C)[C@@H](C3=CC(=O)OC3)CC[C@]2(O)[C@@H]2CC[C@@H]3C[C@@H](OC(C)=O)[C@H](OC(C)=O)C[C@]3(C)[C@H]21. The van der Waals surface area contributed by atoms with E-state index in [-0.39, 0.29) is 42.2 Å². The van der Waals surface area contributed by atoms with Gasteiger partial charge in [-0.05, 0) is 73.7 Å². The molecule has 0 amide bonds. The van der Waals surface area contributed by atoms with Crippen molar-refractivity contribution in [3.63, 3.8) is 0 Å².